The quantitative estimate of drug-likeness (QED) is 0.640. The number of nitrogens with zero attached hydrogens (tertiary/aromatic N) is 2. The van der Waals surface area contributed by atoms with Gasteiger partial charge >= 0.3 is 12.1 Å². The fourth-order valence-electron chi connectivity index (χ4n) is 3.94. The van der Waals surface area contributed by atoms with E-state index in [1.807, 2.05) is 24.3 Å². The number of ether oxygens (including phenoxy) is 1. The Bertz CT molecular complexity index is 1110. The Morgan fingerprint density at radius 3 is 2.67 bits per heavy atom. The molecule has 0 saturated heterocycles. The summed E-state index contributed by atoms with van der Waals surface area (Å²) in [6, 6.07) is 6.44. The minimum absolute atomic E-state index is 0.0113. The van der Waals surface area contributed by atoms with Crippen LogP contribution in [0.1, 0.15) is 15.9 Å². The summed E-state index contributed by atoms with van der Waals surface area (Å²) in [4.78, 5) is 17.2. The van der Waals surface area contributed by atoms with Crippen molar-refractivity contribution in [3.8, 4) is 0 Å². The zero-order valence-electron chi connectivity index (χ0n) is 17.7. The van der Waals surface area contributed by atoms with E-state index in [4.69, 9.17) is 4.74 Å². The van der Waals surface area contributed by atoms with Gasteiger partial charge in [0.15, 0.2) is 0 Å². The Labute approximate surface area is 188 Å². The zero-order chi connectivity index (χ0) is 23.6. The number of aromatic nitrogens is 1. The van der Waals surface area contributed by atoms with Gasteiger partial charge in [-0.15, -0.1) is 0 Å². The number of carboxylic acid groups (broad SMARTS) is 1. The van der Waals surface area contributed by atoms with Crippen molar-refractivity contribution in [1.82, 2.24) is 4.98 Å². The molecule has 1 aromatic carbocycles. The average Bonchev–Trinajstić information content (AvgIpc) is 2.81. The molecule has 0 saturated carbocycles. The van der Waals surface area contributed by atoms with Gasteiger partial charge < -0.3 is 20.1 Å². The molecular formula is C24H22F3N3O3. The maximum Gasteiger partial charge on any atom is 0.416 e. The molecule has 0 radical (unpaired) electrons. The molecule has 0 bridgehead atoms. The number of halogens is 3. The molecule has 172 valence electrons. The van der Waals surface area contributed by atoms with Crippen LogP contribution in [0, 0.1) is 11.8 Å². The minimum atomic E-state index is -4.37. The Morgan fingerprint density at radius 2 is 1.97 bits per heavy atom. The number of anilines is 2. The van der Waals surface area contributed by atoms with E-state index in [-0.39, 0.29) is 23.5 Å². The molecule has 2 unspecified atom stereocenters. The van der Waals surface area contributed by atoms with Gasteiger partial charge in [0.25, 0.3) is 0 Å². The predicted molar refractivity (Wildman–Crippen MR) is 118 cm³/mol. The van der Waals surface area contributed by atoms with E-state index >= 15 is 0 Å². The standard InChI is InChI=1S/C24H22F3N3O3/c1-30(17-4-2-16(3-5-17)24(25,26)27)18-6-7-19-15(9-11-33-22(19)12-18)13-29-21-14-28-10-8-20(21)23(31)32/h2-12,14-15,19,22,29H,13H2,1H3,(H,31,32)/t15-,19?,22?/m0/s1. The topological polar surface area (TPSA) is 74.7 Å². The SMILES string of the molecule is CN(C1=CC2OC=C[C@@H](CNc3cnccc3C(=O)O)C2C=C1)c1ccc(C(F)(F)F)cc1. The maximum absolute atomic E-state index is 12.8. The van der Waals surface area contributed by atoms with E-state index in [1.54, 1.807) is 18.2 Å². The van der Waals surface area contributed by atoms with E-state index in [2.05, 4.69) is 10.3 Å². The third-order valence-electron chi connectivity index (χ3n) is 5.81. The van der Waals surface area contributed by atoms with Crippen molar-refractivity contribution in [3.63, 3.8) is 0 Å². The number of benzene rings is 1. The summed E-state index contributed by atoms with van der Waals surface area (Å²) in [7, 11) is 1.78. The fourth-order valence-corrected chi connectivity index (χ4v) is 3.94. The first-order valence-corrected chi connectivity index (χ1v) is 10.3. The highest BCUT2D eigenvalue weighted by Gasteiger charge is 2.33. The molecular weight excluding hydrogens is 435 g/mol. The second-order valence-corrected chi connectivity index (χ2v) is 7.83. The van der Waals surface area contributed by atoms with Gasteiger partial charge in [-0.25, -0.2) is 4.79 Å². The third-order valence-corrected chi connectivity index (χ3v) is 5.81. The van der Waals surface area contributed by atoms with E-state index in [0.29, 0.717) is 17.9 Å². The second-order valence-electron chi connectivity index (χ2n) is 7.83. The number of likely N-dealkylation sites (N-methyl/N-ethyl adjacent to an activating group) is 1. The van der Waals surface area contributed by atoms with Gasteiger partial charge in [-0.05, 0) is 48.6 Å². The van der Waals surface area contributed by atoms with Gasteiger partial charge in [0.1, 0.15) is 6.10 Å². The van der Waals surface area contributed by atoms with E-state index in [9.17, 15) is 23.1 Å². The number of rotatable bonds is 6. The monoisotopic (exact) mass is 457 g/mol. The number of carbonyl (C=O) groups is 1. The van der Waals surface area contributed by atoms with Gasteiger partial charge in [-0.1, -0.05) is 6.08 Å². The number of pyridine rings is 1. The number of nitrogens with one attached hydrogen (secondary N) is 1. The van der Waals surface area contributed by atoms with Crippen molar-refractivity contribution in [2.45, 2.75) is 12.3 Å². The zero-order valence-corrected chi connectivity index (χ0v) is 17.7. The molecule has 6 nitrogen and oxygen atoms in total. The molecule has 2 N–H and O–H groups in total. The Morgan fingerprint density at radius 1 is 1.21 bits per heavy atom. The molecule has 1 aliphatic heterocycles. The Balaban J connectivity index is 1.45. The van der Waals surface area contributed by atoms with Crippen molar-refractivity contribution in [2.75, 3.05) is 23.8 Å². The van der Waals surface area contributed by atoms with Crippen molar-refractivity contribution >= 4 is 17.3 Å². The van der Waals surface area contributed by atoms with Crippen LogP contribution in [0.15, 0.2) is 79.0 Å². The lowest BCUT2D eigenvalue weighted by Gasteiger charge is -2.35. The summed E-state index contributed by atoms with van der Waals surface area (Å²) in [5.74, 6) is -0.982. The predicted octanol–water partition coefficient (Wildman–Crippen LogP) is 4.95. The van der Waals surface area contributed by atoms with Crippen LogP contribution in [0.4, 0.5) is 24.5 Å². The third kappa shape index (κ3) is 4.87. The maximum atomic E-state index is 12.8. The minimum Gasteiger partial charge on any atom is -0.494 e. The molecule has 0 spiro atoms. The molecule has 2 aliphatic rings. The van der Waals surface area contributed by atoms with Gasteiger partial charge in [0.05, 0.1) is 29.3 Å². The summed E-state index contributed by atoms with van der Waals surface area (Å²) < 4.78 is 44.3. The van der Waals surface area contributed by atoms with Gasteiger partial charge in [-0.2, -0.15) is 13.2 Å². The number of hydrogen-bond donors (Lipinski definition) is 2. The smallest absolute Gasteiger partial charge is 0.416 e. The number of allylic oxidation sites excluding steroid dienone is 1. The average molecular weight is 457 g/mol. The normalized spacial score (nSPS) is 21.6. The van der Waals surface area contributed by atoms with Gasteiger partial charge in [0, 0.05) is 43.0 Å². The van der Waals surface area contributed by atoms with Crippen molar-refractivity contribution in [2.24, 2.45) is 11.8 Å². The van der Waals surface area contributed by atoms with Crippen LogP contribution < -0.4 is 10.2 Å². The van der Waals surface area contributed by atoms with Crippen molar-refractivity contribution < 1.29 is 27.8 Å². The molecule has 2 heterocycles. The first-order chi connectivity index (χ1) is 15.7. The van der Waals surface area contributed by atoms with Crippen molar-refractivity contribution in [1.29, 1.82) is 0 Å². The summed E-state index contributed by atoms with van der Waals surface area (Å²) in [5.41, 5.74) is 1.33. The fraction of sp³-hybridized carbons (Fsp3) is 0.250. The Hall–Kier alpha value is -3.75. The summed E-state index contributed by atoms with van der Waals surface area (Å²) in [6.07, 6.45) is 7.70. The van der Waals surface area contributed by atoms with Crippen LogP contribution in [-0.4, -0.2) is 35.8 Å². The van der Waals surface area contributed by atoms with Crippen LogP contribution in [0.2, 0.25) is 0 Å². The highest BCUT2D eigenvalue weighted by Crippen LogP contribution is 2.34. The second kappa shape index (κ2) is 9.01. The molecule has 2 aromatic rings. The molecule has 33 heavy (non-hydrogen) atoms. The van der Waals surface area contributed by atoms with Crippen LogP contribution >= 0.6 is 0 Å². The first kappa shape index (κ1) is 22.4. The van der Waals surface area contributed by atoms with E-state index in [1.165, 1.54) is 30.6 Å². The lowest BCUT2D eigenvalue weighted by molar-refractivity contribution is -0.137. The highest BCUT2D eigenvalue weighted by molar-refractivity contribution is 5.93. The summed E-state index contributed by atoms with van der Waals surface area (Å²) in [6.45, 7) is 0.481. The number of carboxylic acids is 1. The van der Waals surface area contributed by atoms with Crippen LogP contribution in [-0.2, 0) is 10.9 Å². The molecule has 1 aromatic heterocycles. The number of alkyl halides is 3. The number of hydrogen-bond acceptors (Lipinski definition) is 5. The van der Waals surface area contributed by atoms with Crippen molar-refractivity contribution in [3.05, 3.63) is 90.1 Å². The molecule has 4 rings (SSSR count). The van der Waals surface area contributed by atoms with Crippen LogP contribution in [0.25, 0.3) is 0 Å². The molecule has 0 amide bonds. The van der Waals surface area contributed by atoms with Crippen LogP contribution in [0.5, 0.6) is 0 Å². The lowest BCUT2D eigenvalue weighted by atomic mass is 9.82. The Kier molecular flexibility index (Phi) is 6.13. The molecule has 9 heteroatoms. The highest BCUT2D eigenvalue weighted by atomic mass is 19.4. The number of aromatic carboxylic acids is 1. The molecule has 0 fully saturated rings. The van der Waals surface area contributed by atoms with E-state index in [0.717, 1.165) is 17.8 Å². The molecule has 3 atom stereocenters. The van der Waals surface area contributed by atoms with Gasteiger partial charge in [0.2, 0.25) is 0 Å². The van der Waals surface area contributed by atoms with Gasteiger partial charge in [-0.3, -0.25) is 4.98 Å². The largest absolute Gasteiger partial charge is 0.494 e. The summed E-state index contributed by atoms with van der Waals surface area (Å²) in [5, 5.41) is 12.5. The van der Waals surface area contributed by atoms with E-state index < -0.39 is 17.7 Å². The first-order valence-electron chi connectivity index (χ1n) is 10.3. The summed E-state index contributed by atoms with van der Waals surface area (Å²) >= 11 is 0. The number of fused-ring (bicyclic) bond motifs is 1. The lowest BCUT2D eigenvalue weighted by Crippen LogP contribution is -2.35. The molecule has 1 aliphatic carbocycles. The van der Waals surface area contributed by atoms with Crippen LogP contribution in [0.3, 0.4) is 0 Å².